The van der Waals surface area contributed by atoms with Crippen LogP contribution in [-0.2, 0) is 14.4 Å². The number of quaternary nitrogens is 1. The van der Waals surface area contributed by atoms with E-state index in [9.17, 15) is 19.5 Å². The van der Waals surface area contributed by atoms with Gasteiger partial charge < -0.3 is 24.6 Å². The minimum atomic E-state index is -1.19. The van der Waals surface area contributed by atoms with Crippen LogP contribution in [-0.4, -0.2) is 58.8 Å². The Morgan fingerprint density at radius 3 is 1.79 bits per heavy atom. The number of carboxylic acid groups (broad SMARTS) is 3. The Morgan fingerprint density at radius 2 is 1.25 bits per heavy atom. The van der Waals surface area contributed by atoms with E-state index in [1.807, 2.05) is 0 Å². The first-order valence-corrected chi connectivity index (χ1v) is 10.4. The van der Waals surface area contributed by atoms with Gasteiger partial charge in [0.2, 0.25) is 0 Å². The van der Waals surface area contributed by atoms with Crippen molar-refractivity contribution in [3.05, 3.63) is 12.2 Å². The predicted molar refractivity (Wildman–Crippen MR) is 106 cm³/mol. The molecule has 0 atom stereocenters. The van der Waals surface area contributed by atoms with Gasteiger partial charge in [-0.05, 0) is 32.1 Å². The van der Waals surface area contributed by atoms with Gasteiger partial charge in [-0.2, -0.15) is 0 Å². The zero-order valence-electron chi connectivity index (χ0n) is 17.2. The predicted octanol–water partition coefficient (Wildman–Crippen LogP) is 2.59. The average Bonchev–Trinajstić information content (AvgIpc) is 2.63. The van der Waals surface area contributed by atoms with E-state index in [2.05, 4.69) is 19.1 Å². The SMILES string of the molecule is CCC/C=C/CCCCCCC[N+](CCC(=O)[O-])(CCC(=O)O)CCC(=O)O. The van der Waals surface area contributed by atoms with E-state index in [-0.39, 0.29) is 43.4 Å². The van der Waals surface area contributed by atoms with Crippen molar-refractivity contribution in [1.29, 1.82) is 0 Å². The van der Waals surface area contributed by atoms with Crippen molar-refractivity contribution in [2.24, 2.45) is 0 Å². The van der Waals surface area contributed by atoms with Crippen molar-refractivity contribution in [2.75, 3.05) is 26.2 Å². The number of rotatable bonds is 19. The molecule has 0 aliphatic heterocycles. The summed E-state index contributed by atoms with van der Waals surface area (Å²) in [6.45, 7) is 3.47. The Balaban J connectivity index is 4.51. The van der Waals surface area contributed by atoms with Gasteiger partial charge in [-0.1, -0.05) is 38.3 Å². The molecule has 0 saturated carbocycles. The molecule has 0 aromatic rings. The highest BCUT2D eigenvalue weighted by Gasteiger charge is 2.28. The Bertz CT molecular complexity index is 444. The van der Waals surface area contributed by atoms with Crippen LogP contribution in [0.1, 0.15) is 77.6 Å². The second kappa shape index (κ2) is 16.1. The van der Waals surface area contributed by atoms with Crippen molar-refractivity contribution in [1.82, 2.24) is 0 Å². The third kappa shape index (κ3) is 15.2. The number of carboxylic acids is 3. The summed E-state index contributed by atoms with van der Waals surface area (Å²) in [5.41, 5.74) is 0. The lowest BCUT2D eigenvalue weighted by Crippen LogP contribution is -2.53. The van der Waals surface area contributed by atoms with Crippen LogP contribution in [0.2, 0.25) is 0 Å². The summed E-state index contributed by atoms with van der Waals surface area (Å²) >= 11 is 0. The van der Waals surface area contributed by atoms with Crippen LogP contribution in [0.3, 0.4) is 0 Å². The molecule has 28 heavy (non-hydrogen) atoms. The molecular formula is C21H37NO6. The highest BCUT2D eigenvalue weighted by molar-refractivity contribution is 5.67. The van der Waals surface area contributed by atoms with E-state index in [4.69, 9.17) is 10.2 Å². The molecular weight excluding hydrogens is 362 g/mol. The summed E-state index contributed by atoms with van der Waals surface area (Å²) in [4.78, 5) is 32.9. The van der Waals surface area contributed by atoms with Crippen molar-refractivity contribution in [3.8, 4) is 0 Å². The van der Waals surface area contributed by atoms with E-state index in [0.717, 1.165) is 51.4 Å². The number of hydrogen-bond acceptors (Lipinski definition) is 4. The van der Waals surface area contributed by atoms with Crippen molar-refractivity contribution in [3.63, 3.8) is 0 Å². The van der Waals surface area contributed by atoms with Gasteiger partial charge in [0.15, 0.2) is 0 Å². The maximum absolute atomic E-state index is 11.0. The van der Waals surface area contributed by atoms with E-state index >= 15 is 0 Å². The second-order valence-electron chi connectivity index (χ2n) is 7.46. The number of unbranched alkanes of at least 4 members (excludes halogenated alkanes) is 6. The second-order valence-corrected chi connectivity index (χ2v) is 7.46. The summed E-state index contributed by atoms with van der Waals surface area (Å²) in [7, 11) is 0. The molecule has 0 bridgehead atoms. The molecule has 0 aliphatic carbocycles. The van der Waals surface area contributed by atoms with Crippen molar-refractivity contribution in [2.45, 2.75) is 77.6 Å². The van der Waals surface area contributed by atoms with E-state index in [1.165, 1.54) is 0 Å². The standard InChI is InChI=1S/C21H37NO6/c1-2-3-4-5-6-7-8-9-10-11-15-22(16-12-19(23)24,17-13-20(25)26)18-14-21(27)28/h4-5H,2-3,6-18H2,1H3,(H2-,23,24,25,26,27,28)/b5-4+. The lowest BCUT2D eigenvalue weighted by molar-refractivity contribution is -0.927. The summed E-state index contributed by atoms with van der Waals surface area (Å²) in [6.07, 6.45) is 12.6. The van der Waals surface area contributed by atoms with Gasteiger partial charge in [0.05, 0.1) is 39.0 Å². The van der Waals surface area contributed by atoms with Gasteiger partial charge >= 0.3 is 11.9 Å². The first-order chi connectivity index (χ1) is 13.3. The Labute approximate surface area is 168 Å². The van der Waals surface area contributed by atoms with Gasteiger partial charge in [0.1, 0.15) is 0 Å². The molecule has 0 saturated heterocycles. The molecule has 7 nitrogen and oxygen atoms in total. The molecule has 0 amide bonds. The molecule has 162 valence electrons. The molecule has 0 aromatic carbocycles. The van der Waals surface area contributed by atoms with Crippen LogP contribution < -0.4 is 5.11 Å². The first-order valence-electron chi connectivity index (χ1n) is 10.4. The molecule has 2 N–H and O–H groups in total. The molecule has 0 fully saturated rings. The third-order valence-corrected chi connectivity index (χ3v) is 5.02. The van der Waals surface area contributed by atoms with Gasteiger partial charge in [-0.15, -0.1) is 0 Å². The van der Waals surface area contributed by atoms with Crippen LogP contribution in [0.25, 0.3) is 0 Å². The Hall–Kier alpha value is -1.89. The first kappa shape index (κ1) is 26.1. The topological polar surface area (TPSA) is 115 Å². The molecule has 0 radical (unpaired) electrons. The molecule has 0 unspecified atom stereocenters. The highest BCUT2D eigenvalue weighted by atomic mass is 16.4. The minimum Gasteiger partial charge on any atom is -0.550 e. The molecule has 0 heterocycles. The largest absolute Gasteiger partial charge is 0.550 e. The zero-order valence-corrected chi connectivity index (χ0v) is 17.2. The number of nitrogens with zero attached hydrogens (tertiary/aromatic N) is 1. The molecule has 7 heteroatoms. The maximum Gasteiger partial charge on any atom is 0.309 e. The lowest BCUT2D eigenvalue weighted by atomic mass is 10.1. The van der Waals surface area contributed by atoms with Crippen LogP contribution in [0.15, 0.2) is 12.2 Å². The summed E-state index contributed by atoms with van der Waals surface area (Å²) < 4.78 is 0.215. The molecule has 0 spiro atoms. The summed E-state index contributed by atoms with van der Waals surface area (Å²) in [5, 5.41) is 28.9. The number of hydrogen-bond donors (Lipinski definition) is 2. The number of aliphatic carboxylic acids is 3. The van der Waals surface area contributed by atoms with Gasteiger partial charge in [-0.3, -0.25) is 9.59 Å². The summed E-state index contributed by atoms with van der Waals surface area (Å²) in [6, 6.07) is 0. The minimum absolute atomic E-state index is 0.100. The van der Waals surface area contributed by atoms with Crippen LogP contribution in [0.5, 0.6) is 0 Å². The van der Waals surface area contributed by atoms with Crippen LogP contribution in [0.4, 0.5) is 0 Å². The van der Waals surface area contributed by atoms with Gasteiger partial charge in [0.25, 0.3) is 0 Å². The zero-order chi connectivity index (χ0) is 21.3. The van der Waals surface area contributed by atoms with E-state index in [0.29, 0.717) is 6.54 Å². The fourth-order valence-corrected chi connectivity index (χ4v) is 3.31. The van der Waals surface area contributed by atoms with E-state index in [1.54, 1.807) is 0 Å². The Kier molecular flexibility index (Phi) is 15.0. The van der Waals surface area contributed by atoms with Crippen LogP contribution >= 0.6 is 0 Å². The van der Waals surface area contributed by atoms with Crippen LogP contribution in [0, 0.1) is 0 Å². The smallest absolute Gasteiger partial charge is 0.309 e. The van der Waals surface area contributed by atoms with Gasteiger partial charge in [-0.25, -0.2) is 0 Å². The molecule has 0 aliphatic rings. The summed E-state index contributed by atoms with van der Waals surface area (Å²) in [5.74, 6) is -3.10. The lowest BCUT2D eigenvalue weighted by Gasteiger charge is -2.38. The molecule has 0 aromatic heterocycles. The highest BCUT2D eigenvalue weighted by Crippen LogP contribution is 2.16. The fraction of sp³-hybridized carbons (Fsp3) is 0.762. The van der Waals surface area contributed by atoms with Crippen molar-refractivity contribution >= 4 is 17.9 Å². The average molecular weight is 400 g/mol. The number of allylic oxidation sites excluding steroid dienone is 2. The fourth-order valence-electron chi connectivity index (χ4n) is 3.31. The monoisotopic (exact) mass is 399 g/mol. The quantitative estimate of drug-likeness (QED) is 0.196. The Morgan fingerprint density at radius 1 is 0.750 bits per heavy atom. The number of carbonyl (C=O) groups excluding carboxylic acids is 1. The maximum atomic E-state index is 11.0. The van der Waals surface area contributed by atoms with Gasteiger partial charge in [0, 0.05) is 12.4 Å². The van der Waals surface area contributed by atoms with Crippen molar-refractivity contribution < 1.29 is 34.2 Å². The normalized spacial score (nSPS) is 11.8. The third-order valence-electron chi connectivity index (χ3n) is 5.02. The number of carbonyl (C=O) groups is 3. The van der Waals surface area contributed by atoms with E-state index < -0.39 is 17.9 Å². The molecule has 0 rings (SSSR count).